The van der Waals surface area contributed by atoms with E-state index in [9.17, 15) is 21.9 Å². The first-order chi connectivity index (χ1) is 27.5. The number of rotatable bonds is 10. The maximum Gasteiger partial charge on any atom is 0.206 e. The van der Waals surface area contributed by atoms with Gasteiger partial charge in [0, 0.05) is 0 Å². The number of phenols is 1. The Morgan fingerprint density at radius 2 is 0.526 bits per heavy atom. The van der Waals surface area contributed by atoms with E-state index in [0.717, 1.165) is 50.1 Å². The van der Waals surface area contributed by atoms with Crippen LogP contribution in [0.25, 0.3) is 44.5 Å². The quantitative estimate of drug-likeness (QED) is 0.148. The minimum Gasteiger partial charge on any atom is -0.508 e. The van der Waals surface area contributed by atoms with Gasteiger partial charge in [-0.05, 0) is 136 Å². The fraction of sp³-hybridized carbons (Fsp3) is 0.0204. The second-order valence-electron chi connectivity index (χ2n) is 13.7. The zero-order valence-electron chi connectivity index (χ0n) is 30.8. The van der Waals surface area contributed by atoms with E-state index in [1.807, 2.05) is 79.7 Å². The lowest BCUT2D eigenvalue weighted by Gasteiger charge is -2.10. The van der Waals surface area contributed by atoms with E-state index in [4.69, 9.17) is 4.74 Å². The minimum absolute atomic E-state index is 0.163. The number of aromatic hydroxyl groups is 1. The van der Waals surface area contributed by atoms with Gasteiger partial charge in [0.05, 0.1) is 19.6 Å². The van der Waals surface area contributed by atoms with Crippen LogP contribution in [0.1, 0.15) is 5.56 Å². The van der Waals surface area contributed by atoms with E-state index in [1.54, 1.807) is 109 Å². The number of aryl methyl sites for hydroxylation is 1. The Kier molecular flexibility index (Phi) is 10.1. The van der Waals surface area contributed by atoms with Gasteiger partial charge in [-0.2, -0.15) is 0 Å². The summed E-state index contributed by atoms with van der Waals surface area (Å²) in [7, 11) is -7.38. The maximum absolute atomic E-state index is 13.5. The van der Waals surface area contributed by atoms with Crippen molar-refractivity contribution in [2.24, 2.45) is 0 Å². The van der Waals surface area contributed by atoms with E-state index in [2.05, 4.69) is 12.1 Å². The second-order valence-corrected chi connectivity index (χ2v) is 17.6. The van der Waals surface area contributed by atoms with Crippen molar-refractivity contribution >= 4 is 19.7 Å². The highest BCUT2D eigenvalue weighted by atomic mass is 32.2. The van der Waals surface area contributed by atoms with Crippen LogP contribution in [-0.4, -0.2) is 21.9 Å². The monoisotopic (exact) mass is 784 g/mol. The summed E-state index contributed by atoms with van der Waals surface area (Å²) >= 11 is 0. The van der Waals surface area contributed by atoms with Crippen molar-refractivity contribution in [3.63, 3.8) is 0 Å². The molecule has 0 radical (unpaired) electrons. The normalized spacial score (nSPS) is 11.6. The zero-order chi connectivity index (χ0) is 39.6. The standard InChI is InChI=1S/C49H36O6S2/c1-34-2-26-46(27-3-34)56(51,52)47-28-16-41(17-29-47)37-8-10-38(11-9-37)42-18-30-48(31-19-42)57(53,54)49-32-24-45(25-33-49)55-44-22-14-40(15-23-44)36-6-4-35(5-7-36)39-12-20-43(50)21-13-39/h2-33,50H,1H3. The largest absolute Gasteiger partial charge is 0.508 e. The highest BCUT2D eigenvalue weighted by Crippen LogP contribution is 2.32. The van der Waals surface area contributed by atoms with Gasteiger partial charge in [-0.3, -0.25) is 0 Å². The van der Waals surface area contributed by atoms with Gasteiger partial charge in [0.1, 0.15) is 17.2 Å². The zero-order valence-corrected chi connectivity index (χ0v) is 32.4. The lowest BCUT2D eigenvalue weighted by atomic mass is 10.0. The van der Waals surface area contributed by atoms with Gasteiger partial charge in [-0.15, -0.1) is 0 Å². The van der Waals surface area contributed by atoms with Crippen LogP contribution in [0.4, 0.5) is 0 Å². The molecule has 1 N–H and O–H groups in total. The van der Waals surface area contributed by atoms with Crippen molar-refractivity contribution in [3.05, 3.63) is 200 Å². The Hall–Kier alpha value is -6.74. The van der Waals surface area contributed by atoms with Gasteiger partial charge >= 0.3 is 0 Å². The average molecular weight is 785 g/mol. The molecule has 57 heavy (non-hydrogen) atoms. The van der Waals surface area contributed by atoms with Gasteiger partial charge in [0.15, 0.2) is 0 Å². The SMILES string of the molecule is Cc1ccc(S(=O)(=O)c2ccc(-c3ccc(-c4ccc(S(=O)(=O)c5ccc(Oc6ccc(-c7ccc(-c8ccc(O)cc8)cc7)cc6)cc5)cc4)cc3)cc2)cc1. The summed E-state index contributed by atoms with van der Waals surface area (Å²) < 4.78 is 59.2. The fourth-order valence-corrected chi connectivity index (χ4v) is 9.07. The first-order valence-electron chi connectivity index (χ1n) is 18.2. The molecule has 0 unspecified atom stereocenters. The molecule has 280 valence electrons. The van der Waals surface area contributed by atoms with Crippen LogP contribution in [0.15, 0.2) is 214 Å². The summed E-state index contributed by atoms with van der Waals surface area (Å²) in [6.07, 6.45) is 0. The molecule has 0 bridgehead atoms. The third-order valence-corrected chi connectivity index (χ3v) is 13.4. The molecule has 0 aromatic heterocycles. The van der Waals surface area contributed by atoms with Gasteiger partial charge in [0.25, 0.3) is 0 Å². The lowest BCUT2D eigenvalue weighted by Crippen LogP contribution is -2.02. The van der Waals surface area contributed by atoms with E-state index in [-0.39, 0.29) is 25.3 Å². The molecule has 8 aromatic carbocycles. The van der Waals surface area contributed by atoms with Crippen LogP contribution in [0.3, 0.4) is 0 Å². The van der Waals surface area contributed by atoms with Crippen molar-refractivity contribution in [3.8, 4) is 61.8 Å². The minimum atomic E-state index is -3.77. The molecule has 8 aromatic rings. The van der Waals surface area contributed by atoms with E-state index < -0.39 is 19.7 Å². The Balaban J connectivity index is 0.893. The fourth-order valence-electron chi connectivity index (χ4n) is 6.55. The molecular formula is C49H36O6S2. The Bertz CT molecular complexity index is 2870. The summed E-state index contributed by atoms with van der Waals surface area (Å²) in [5, 5.41) is 9.56. The van der Waals surface area contributed by atoms with Gasteiger partial charge < -0.3 is 9.84 Å². The molecule has 0 aliphatic heterocycles. The molecule has 8 rings (SSSR count). The van der Waals surface area contributed by atoms with Crippen molar-refractivity contribution in [1.29, 1.82) is 0 Å². The number of benzene rings is 8. The summed E-state index contributed by atoms with van der Waals surface area (Å²) in [6, 6.07) is 57.7. The molecular weight excluding hydrogens is 749 g/mol. The van der Waals surface area contributed by atoms with Gasteiger partial charge in [-0.1, -0.05) is 115 Å². The number of sulfone groups is 2. The predicted octanol–water partition coefficient (Wildman–Crippen LogP) is 11.8. The molecule has 8 heteroatoms. The highest BCUT2D eigenvalue weighted by Gasteiger charge is 2.19. The molecule has 0 amide bonds. The van der Waals surface area contributed by atoms with Gasteiger partial charge in [-0.25, -0.2) is 16.8 Å². The number of hydrogen-bond donors (Lipinski definition) is 1. The molecule has 0 saturated carbocycles. The summed E-state index contributed by atoms with van der Waals surface area (Å²) in [6.45, 7) is 1.92. The van der Waals surface area contributed by atoms with Crippen LogP contribution in [0.5, 0.6) is 17.2 Å². The highest BCUT2D eigenvalue weighted by molar-refractivity contribution is 7.91. The Morgan fingerprint density at radius 1 is 0.316 bits per heavy atom. The smallest absolute Gasteiger partial charge is 0.206 e. The third-order valence-electron chi connectivity index (χ3n) is 9.86. The molecule has 0 spiro atoms. The predicted molar refractivity (Wildman–Crippen MR) is 225 cm³/mol. The molecule has 0 atom stereocenters. The first kappa shape index (κ1) is 37.2. The van der Waals surface area contributed by atoms with Crippen molar-refractivity contribution < 1.29 is 26.7 Å². The first-order valence-corrected chi connectivity index (χ1v) is 21.2. The number of hydrogen-bond acceptors (Lipinski definition) is 6. The molecule has 0 aliphatic carbocycles. The topological polar surface area (TPSA) is 97.7 Å². The second kappa shape index (κ2) is 15.4. The number of ether oxygens (including phenoxy) is 1. The summed E-state index contributed by atoms with van der Waals surface area (Å²) in [5.74, 6) is 1.38. The summed E-state index contributed by atoms with van der Waals surface area (Å²) in [4.78, 5) is 0.845. The molecule has 6 nitrogen and oxygen atoms in total. The molecule has 0 saturated heterocycles. The third kappa shape index (κ3) is 8.00. The van der Waals surface area contributed by atoms with Crippen molar-refractivity contribution in [1.82, 2.24) is 0 Å². The lowest BCUT2D eigenvalue weighted by molar-refractivity contribution is 0.475. The maximum atomic E-state index is 13.5. The number of phenolic OH excluding ortho intramolecular Hbond substituents is 1. The van der Waals surface area contributed by atoms with Crippen LogP contribution in [0.2, 0.25) is 0 Å². The van der Waals surface area contributed by atoms with Crippen LogP contribution >= 0.6 is 0 Å². The molecule has 0 heterocycles. The Labute approximate surface area is 332 Å². The Morgan fingerprint density at radius 3 is 0.842 bits per heavy atom. The van der Waals surface area contributed by atoms with Crippen LogP contribution < -0.4 is 4.74 Å². The molecule has 0 fully saturated rings. The van der Waals surface area contributed by atoms with E-state index in [0.29, 0.717) is 11.5 Å². The van der Waals surface area contributed by atoms with Crippen molar-refractivity contribution in [2.45, 2.75) is 26.5 Å². The van der Waals surface area contributed by atoms with Crippen molar-refractivity contribution in [2.75, 3.05) is 0 Å². The van der Waals surface area contributed by atoms with Gasteiger partial charge in [0.2, 0.25) is 19.7 Å². The average Bonchev–Trinajstić information content (AvgIpc) is 3.25. The van der Waals surface area contributed by atoms with E-state index >= 15 is 0 Å². The summed E-state index contributed by atoms with van der Waals surface area (Å²) in [5.41, 5.74) is 8.74. The van der Waals surface area contributed by atoms with Crippen LogP contribution in [0, 0.1) is 6.92 Å². The van der Waals surface area contributed by atoms with E-state index in [1.165, 1.54) is 0 Å². The molecule has 0 aliphatic rings. The van der Waals surface area contributed by atoms with Crippen LogP contribution in [-0.2, 0) is 19.7 Å².